The lowest BCUT2D eigenvalue weighted by atomic mass is 9.86. The summed E-state index contributed by atoms with van der Waals surface area (Å²) in [7, 11) is 0. The molecule has 0 aliphatic carbocycles. The maximum Gasteiger partial charge on any atom is 0.353 e. The molecule has 0 bridgehead atoms. The van der Waals surface area contributed by atoms with Gasteiger partial charge in [0.2, 0.25) is 6.04 Å². The highest BCUT2D eigenvalue weighted by atomic mass is 35.5. The van der Waals surface area contributed by atoms with Crippen LogP contribution in [0.25, 0.3) is 0 Å². The predicted octanol–water partition coefficient (Wildman–Crippen LogP) is 2.22. The normalized spacial score (nSPS) is 21.3. The molecule has 162 valence electrons. The van der Waals surface area contributed by atoms with Gasteiger partial charge in [0.05, 0.1) is 11.6 Å². The van der Waals surface area contributed by atoms with Crippen molar-refractivity contribution >= 4 is 69.0 Å². The van der Waals surface area contributed by atoms with Crippen molar-refractivity contribution in [3.8, 4) is 0 Å². The number of allylic oxidation sites excluding steroid dienone is 1. The third-order valence-electron chi connectivity index (χ3n) is 4.77. The molecule has 2 aliphatic rings. The van der Waals surface area contributed by atoms with Crippen LogP contribution in [0.5, 0.6) is 0 Å². The van der Waals surface area contributed by atoms with Crippen LogP contribution in [-0.2, 0) is 14.4 Å². The smallest absolute Gasteiger partial charge is 0.353 e. The van der Waals surface area contributed by atoms with Crippen LogP contribution in [0.1, 0.15) is 24.6 Å². The number of nitrogen functional groups attached to an aromatic ring is 1. The van der Waals surface area contributed by atoms with Crippen LogP contribution in [0.15, 0.2) is 31.7 Å². The molecule has 1 saturated heterocycles. The SMILES string of the molecule is Nc1nc(C(N=O)C(=O)N[C@@H]2C(=O)N3C(C(=O)O)=C(Sc4cscn4)CC[C@H]23)c(Cl)s1. The van der Waals surface area contributed by atoms with Gasteiger partial charge in [0.15, 0.2) is 5.13 Å². The summed E-state index contributed by atoms with van der Waals surface area (Å²) >= 11 is 9.43. The number of aromatic nitrogens is 2. The molecule has 0 spiro atoms. The Morgan fingerprint density at radius 1 is 1.48 bits per heavy atom. The van der Waals surface area contributed by atoms with E-state index >= 15 is 0 Å². The van der Waals surface area contributed by atoms with E-state index in [0.717, 1.165) is 11.3 Å². The molecule has 4 rings (SSSR count). The van der Waals surface area contributed by atoms with Crippen LogP contribution in [0.3, 0.4) is 0 Å². The molecule has 0 saturated carbocycles. The van der Waals surface area contributed by atoms with E-state index in [9.17, 15) is 24.4 Å². The first-order valence-corrected chi connectivity index (χ1v) is 11.7. The molecule has 2 aliphatic heterocycles. The summed E-state index contributed by atoms with van der Waals surface area (Å²) in [6, 6.07) is -3.10. The van der Waals surface area contributed by atoms with Crippen molar-refractivity contribution < 1.29 is 19.5 Å². The van der Waals surface area contributed by atoms with Crippen LogP contribution in [0.4, 0.5) is 5.13 Å². The van der Waals surface area contributed by atoms with Crippen molar-refractivity contribution in [2.75, 3.05) is 5.73 Å². The number of fused-ring (bicyclic) bond motifs is 1. The maximum atomic E-state index is 12.7. The molecule has 0 radical (unpaired) electrons. The molecule has 15 heteroatoms. The second-order valence-corrected chi connectivity index (χ2v) is 9.99. The third-order valence-corrected chi connectivity index (χ3v) is 7.69. The third kappa shape index (κ3) is 3.91. The molecule has 4 heterocycles. The van der Waals surface area contributed by atoms with E-state index in [4.69, 9.17) is 17.3 Å². The minimum atomic E-state index is -1.57. The Morgan fingerprint density at radius 2 is 2.26 bits per heavy atom. The van der Waals surface area contributed by atoms with E-state index in [0.29, 0.717) is 22.8 Å². The van der Waals surface area contributed by atoms with Gasteiger partial charge in [-0.05, 0) is 18.0 Å². The van der Waals surface area contributed by atoms with E-state index in [1.54, 1.807) is 10.9 Å². The zero-order valence-electron chi connectivity index (χ0n) is 15.4. The highest BCUT2D eigenvalue weighted by Gasteiger charge is 2.54. The minimum absolute atomic E-state index is 0.0521. The number of anilines is 1. The number of halogens is 1. The van der Waals surface area contributed by atoms with Gasteiger partial charge in [0, 0.05) is 10.3 Å². The Labute approximate surface area is 191 Å². The van der Waals surface area contributed by atoms with E-state index in [1.165, 1.54) is 28.0 Å². The molecule has 2 aromatic heterocycles. The molecule has 11 nitrogen and oxygen atoms in total. The molecular weight excluding hydrogens is 488 g/mol. The quantitative estimate of drug-likeness (QED) is 0.381. The van der Waals surface area contributed by atoms with E-state index in [2.05, 4.69) is 20.5 Å². The molecule has 3 atom stereocenters. The van der Waals surface area contributed by atoms with Gasteiger partial charge in [0.25, 0.3) is 11.8 Å². The zero-order chi connectivity index (χ0) is 22.3. The Morgan fingerprint density at radius 3 is 2.84 bits per heavy atom. The Balaban J connectivity index is 1.52. The Kier molecular flexibility index (Phi) is 5.96. The van der Waals surface area contributed by atoms with Gasteiger partial charge in [-0.3, -0.25) is 14.5 Å². The number of hydrogen-bond donors (Lipinski definition) is 3. The number of nitrogens with zero attached hydrogens (tertiary/aromatic N) is 4. The van der Waals surface area contributed by atoms with Crippen LogP contribution in [0.2, 0.25) is 4.34 Å². The highest BCUT2D eigenvalue weighted by Crippen LogP contribution is 2.43. The summed E-state index contributed by atoms with van der Waals surface area (Å²) in [6.07, 6.45) is 0.831. The second kappa shape index (κ2) is 8.53. The predicted molar refractivity (Wildman–Crippen MR) is 115 cm³/mol. The summed E-state index contributed by atoms with van der Waals surface area (Å²) < 4.78 is 0.0521. The number of thioether (sulfide) groups is 1. The molecule has 2 amide bonds. The fourth-order valence-corrected chi connectivity index (χ4v) is 6.13. The average molecular weight is 501 g/mol. The van der Waals surface area contributed by atoms with Gasteiger partial charge in [-0.2, -0.15) is 0 Å². The molecule has 31 heavy (non-hydrogen) atoms. The van der Waals surface area contributed by atoms with Crippen LogP contribution >= 0.6 is 46.0 Å². The highest BCUT2D eigenvalue weighted by molar-refractivity contribution is 8.03. The largest absolute Gasteiger partial charge is 0.477 e. The van der Waals surface area contributed by atoms with Crippen LogP contribution in [0, 0.1) is 4.91 Å². The first kappa shape index (κ1) is 21.7. The number of carboxylic acids is 1. The number of thiazole rings is 2. The molecular formula is C16H13ClN6O5S3. The van der Waals surface area contributed by atoms with Crippen LogP contribution < -0.4 is 11.1 Å². The monoisotopic (exact) mass is 500 g/mol. The summed E-state index contributed by atoms with van der Waals surface area (Å²) in [6.45, 7) is 0. The van der Waals surface area contributed by atoms with E-state index in [1.807, 2.05) is 0 Å². The second-order valence-electron chi connectivity index (χ2n) is 6.53. The number of carbonyl (C=O) groups excluding carboxylic acids is 2. The molecule has 4 N–H and O–H groups in total. The number of nitroso groups, excluding NO2 is 1. The van der Waals surface area contributed by atoms with Gasteiger partial charge in [-0.15, -0.1) is 16.2 Å². The van der Waals surface area contributed by atoms with Crippen molar-refractivity contribution in [1.29, 1.82) is 0 Å². The molecule has 1 fully saturated rings. The summed E-state index contributed by atoms with van der Waals surface area (Å²) in [5.41, 5.74) is 6.97. The molecule has 0 aromatic carbocycles. The zero-order valence-corrected chi connectivity index (χ0v) is 18.6. The number of nitrogens with one attached hydrogen (secondary N) is 1. The summed E-state index contributed by atoms with van der Waals surface area (Å²) in [5, 5.41) is 17.4. The minimum Gasteiger partial charge on any atom is -0.477 e. The fraction of sp³-hybridized carbons (Fsp3) is 0.312. The van der Waals surface area contributed by atoms with Crippen molar-refractivity contribution in [2.24, 2.45) is 5.18 Å². The molecule has 2 aromatic rings. The van der Waals surface area contributed by atoms with E-state index < -0.39 is 35.9 Å². The average Bonchev–Trinajstić information content (AvgIpc) is 3.35. The van der Waals surface area contributed by atoms with Crippen molar-refractivity contribution in [3.05, 3.63) is 36.4 Å². The standard InChI is InChI=1S/C16H13ClN6O5S3/c17-12-9(21-16(18)31-12)10(22-28)13(24)20-8-5-1-2-6(30-7-3-29-4-19-7)11(15(26)27)23(5)14(8)25/h3-5,8,10H,1-2H2,(H2,18,21)(H,20,24)(H,26,27)/t5-,8+,10?/m1/s1. The van der Waals surface area contributed by atoms with Crippen LogP contribution in [-0.4, -0.2) is 49.8 Å². The van der Waals surface area contributed by atoms with Crippen molar-refractivity contribution in [3.63, 3.8) is 0 Å². The first-order valence-electron chi connectivity index (χ1n) is 8.72. The lowest BCUT2D eigenvalue weighted by Crippen LogP contribution is -2.71. The number of amides is 2. The van der Waals surface area contributed by atoms with Crippen molar-refractivity contribution in [2.45, 2.75) is 36.0 Å². The summed E-state index contributed by atoms with van der Waals surface area (Å²) in [4.78, 5) is 58.2. The van der Waals surface area contributed by atoms with Gasteiger partial charge < -0.3 is 16.2 Å². The topological polar surface area (TPSA) is 168 Å². The lowest BCUT2D eigenvalue weighted by Gasteiger charge is -2.50. The number of carboxylic acid groups (broad SMARTS) is 1. The lowest BCUT2D eigenvalue weighted by molar-refractivity contribution is -0.156. The number of β-lactam (4-membered cyclic amide) rings is 1. The number of hydrogen-bond acceptors (Lipinski definition) is 11. The van der Waals surface area contributed by atoms with Crippen molar-refractivity contribution in [1.82, 2.24) is 20.2 Å². The van der Waals surface area contributed by atoms with Gasteiger partial charge in [0.1, 0.15) is 26.8 Å². The molecule has 1 unspecified atom stereocenters. The van der Waals surface area contributed by atoms with Gasteiger partial charge in [-0.1, -0.05) is 34.7 Å². The maximum absolute atomic E-state index is 12.7. The van der Waals surface area contributed by atoms with Gasteiger partial charge in [-0.25, -0.2) is 14.8 Å². The number of aliphatic carboxylic acids is 1. The number of carbonyl (C=O) groups is 3. The number of nitrogens with two attached hydrogens (primary N) is 1. The van der Waals surface area contributed by atoms with Gasteiger partial charge >= 0.3 is 5.97 Å². The Bertz CT molecular complexity index is 1100. The first-order chi connectivity index (χ1) is 14.8. The van der Waals surface area contributed by atoms with E-state index in [-0.39, 0.29) is 20.9 Å². The fourth-order valence-electron chi connectivity index (χ4n) is 3.46. The summed E-state index contributed by atoms with van der Waals surface area (Å²) in [5.74, 6) is -2.68. The Hall–Kier alpha value is -2.55. The number of rotatable bonds is 7.